The second-order valence-corrected chi connectivity index (χ2v) is 10.8. The van der Waals surface area contributed by atoms with Crippen molar-refractivity contribution in [3.63, 3.8) is 0 Å². The number of aromatic nitrogens is 5. The Morgan fingerprint density at radius 2 is 1.83 bits per heavy atom. The zero-order valence-electron chi connectivity index (χ0n) is 23.0. The van der Waals surface area contributed by atoms with Crippen molar-refractivity contribution in [3.8, 4) is 11.5 Å². The van der Waals surface area contributed by atoms with Gasteiger partial charge in [0.1, 0.15) is 18.3 Å². The van der Waals surface area contributed by atoms with Gasteiger partial charge in [-0.1, -0.05) is 12.1 Å². The number of ether oxygens (including phenoxy) is 2. The van der Waals surface area contributed by atoms with Gasteiger partial charge in [0.05, 0.1) is 6.26 Å². The molecule has 5 aromatic rings. The van der Waals surface area contributed by atoms with Crippen molar-refractivity contribution >= 4 is 10.9 Å². The highest BCUT2D eigenvalue weighted by Gasteiger charge is 2.33. The fourth-order valence-corrected chi connectivity index (χ4v) is 5.94. The van der Waals surface area contributed by atoms with Crippen molar-refractivity contribution in [1.29, 1.82) is 0 Å². The van der Waals surface area contributed by atoms with Crippen molar-refractivity contribution in [3.05, 3.63) is 99.0 Å². The van der Waals surface area contributed by atoms with Crippen LogP contribution in [0.3, 0.4) is 0 Å². The van der Waals surface area contributed by atoms with E-state index in [2.05, 4.69) is 55.4 Å². The number of pyridine rings is 1. The van der Waals surface area contributed by atoms with Gasteiger partial charge >= 0.3 is 0 Å². The molecule has 2 aliphatic rings. The minimum absolute atomic E-state index is 0.136. The molecule has 11 nitrogen and oxygen atoms in total. The highest BCUT2D eigenvalue weighted by Crippen LogP contribution is 2.33. The average Bonchev–Trinajstić information content (AvgIpc) is 3.73. The van der Waals surface area contributed by atoms with E-state index in [9.17, 15) is 4.79 Å². The summed E-state index contributed by atoms with van der Waals surface area (Å²) in [7, 11) is 0. The van der Waals surface area contributed by atoms with Crippen molar-refractivity contribution in [2.45, 2.75) is 33.0 Å². The molecule has 0 saturated carbocycles. The third-order valence-electron chi connectivity index (χ3n) is 7.94. The van der Waals surface area contributed by atoms with E-state index < -0.39 is 6.04 Å². The number of aromatic amines is 1. The highest BCUT2D eigenvalue weighted by atomic mass is 16.7. The second-order valence-electron chi connectivity index (χ2n) is 10.8. The second kappa shape index (κ2) is 10.5. The first-order chi connectivity index (χ1) is 20.0. The molecular weight excluding hydrogens is 522 g/mol. The number of aryl methyl sites for hydroxylation is 2. The molecule has 41 heavy (non-hydrogen) atoms. The number of tetrazole rings is 1. The van der Waals surface area contributed by atoms with E-state index in [1.165, 1.54) is 5.56 Å². The van der Waals surface area contributed by atoms with Crippen molar-refractivity contribution in [1.82, 2.24) is 35.0 Å². The Labute approximate surface area is 236 Å². The van der Waals surface area contributed by atoms with Gasteiger partial charge in [-0.3, -0.25) is 14.6 Å². The predicted octanol–water partition coefficient (Wildman–Crippen LogP) is 3.41. The Kier molecular flexibility index (Phi) is 6.52. The summed E-state index contributed by atoms with van der Waals surface area (Å²) >= 11 is 0. The standard InChI is InChI=1S/C30H31N7O4/c1-19-12-20(2)23-15-24(30(38)31-25(23)13-19)28(29-32-33-34-37(29)17-22-4-3-11-39-22)36-9-7-35(8-10-36)16-21-5-6-26-27(14-21)41-18-40-26/h3-6,11-15,28H,7-10,16-18H2,1-2H3,(H,31,38)/t28-/m0/s1. The Morgan fingerprint density at radius 1 is 0.976 bits per heavy atom. The van der Waals surface area contributed by atoms with Gasteiger partial charge in [0.15, 0.2) is 17.3 Å². The van der Waals surface area contributed by atoms with Gasteiger partial charge in [-0.15, -0.1) is 5.10 Å². The van der Waals surface area contributed by atoms with Gasteiger partial charge < -0.3 is 18.9 Å². The number of hydrogen-bond acceptors (Lipinski definition) is 9. The molecule has 210 valence electrons. The Balaban J connectivity index is 1.20. The molecule has 0 bridgehead atoms. The number of furan rings is 1. The van der Waals surface area contributed by atoms with Gasteiger partial charge in [0, 0.05) is 49.2 Å². The minimum atomic E-state index is -0.429. The molecular formula is C30H31N7O4. The summed E-state index contributed by atoms with van der Waals surface area (Å²) in [6.45, 7) is 8.70. The maximum absolute atomic E-state index is 13.7. The maximum atomic E-state index is 13.7. The summed E-state index contributed by atoms with van der Waals surface area (Å²) in [5.41, 5.74) is 4.72. The minimum Gasteiger partial charge on any atom is -0.467 e. The van der Waals surface area contributed by atoms with Crippen LogP contribution in [0.15, 0.2) is 64.0 Å². The number of piperazine rings is 1. The largest absolute Gasteiger partial charge is 0.467 e. The maximum Gasteiger partial charge on any atom is 0.253 e. The lowest BCUT2D eigenvalue weighted by atomic mass is 9.99. The van der Waals surface area contributed by atoms with E-state index in [-0.39, 0.29) is 12.4 Å². The molecule has 0 spiro atoms. The van der Waals surface area contributed by atoms with Crippen LogP contribution in [0, 0.1) is 13.8 Å². The zero-order chi connectivity index (χ0) is 27.9. The number of H-pyrrole nitrogens is 1. The lowest BCUT2D eigenvalue weighted by Crippen LogP contribution is -2.48. The quantitative estimate of drug-likeness (QED) is 0.324. The Bertz CT molecular complexity index is 1750. The van der Waals surface area contributed by atoms with E-state index in [4.69, 9.17) is 13.9 Å². The molecule has 2 aromatic carbocycles. The van der Waals surface area contributed by atoms with Crippen molar-refractivity contribution in [2.24, 2.45) is 0 Å². The van der Waals surface area contributed by atoms with Crippen LogP contribution >= 0.6 is 0 Å². The first-order valence-corrected chi connectivity index (χ1v) is 13.8. The third kappa shape index (κ3) is 4.98. The molecule has 1 fully saturated rings. The first kappa shape index (κ1) is 25.5. The van der Waals surface area contributed by atoms with E-state index in [1.807, 2.05) is 37.3 Å². The van der Waals surface area contributed by atoms with Crippen LogP contribution in [0.1, 0.15) is 39.9 Å². The monoisotopic (exact) mass is 553 g/mol. The van der Waals surface area contributed by atoms with E-state index >= 15 is 0 Å². The van der Waals surface area contributed by atoms with Crippen LogP contribution in [-0.2, 0) is 13.1 Å². The average molecular weight is 554 g/mol. The van der Waals surface area contributed by atoms with Crippen molar-refractivity contribution < 1.29 is 13.9 Å². The number of hydrogen-bond donors (Lipinski definition) is 1. The van der Waals surface area contributed by atoms with Gasteiger partial charge in [0.2, 0.25) is 6.79 Å². The van der Waals surface area contributed by atoms with Gasteiger partial charge in [0.25, 0.3) is 5.56 Å². The van der Waals surface area contributed by atoms with Crippen molar-refractivity contribution in [2.75, 3.05) is 33.0 Å². The Hall–Kier alpha value is -4.48. The summed E-state index contributed by atoms with van der Waals surface area (Å²) in [5, 5.41) is 13.8. The van der Waals surface area contributed by atoms with Gasteiger partial charge in [-0.2, -0.15) is 0 Å². The van der Waals surface area contributed by atoms with Gasteiger partial charge in [-0.25, -0.2) is 4.68 Å². The zero-order valence-corrected chi connectivity index (χ0v) is 23.0. The molecule has 1 atom stereocenters. The van der Waals surface area contributed by atoms with E-state index in [0.29, 0.717) is 17.9 Å². The van der Waals surface area contributed by atoms with E-state index in [0.717, 1.165) is 72.0 Å². The first-order valence-electron chi connectivity index (χ1n) is 13.8. The normalized spacial score (nSPS) is 16.4. The molecule has 7 rings (SSSR count). The van der Waals surface area contributed by atoms with E-state index in [1.54, 1.807) is 10.9 Å². The molecule has 3 aromatic heterocycles. The molecule has 0 aliphatic carbocycles. The van der Waals surface area contributed by atoms with Crippen LogP contribution in [0.5, 0.6) is 11.5 Å². The van der Waals surface area contributed by atoms with Crippen LogP contribution in [0.2, 0.25) is 0 Å². The fourth-order valence-electron chi connectivity index (χ4n) is 5.94. The summed E-state index contributed by atoms with van der Waals surface area (Å²) < 4.78 is 18.3. The molecule has 0 unspecified atom stereocenters. The topological polar surface area (TPSA) is 115 Å². The lowest BCUT2D eigenvalue weighted by molar-refractivity contribution is 0.0997. The molecule has 11 heteroatoms. The molecule has 2 aliphatic heterocycles. The third-order valence-corrected chi connectivity index (χ3v) is 7.94. The lowest BCUT2D eigenvalue weighted by Gasteiger charge is -2.38. The summed E-state index contributed by atoms with van der Waals surface area (Å²) in [6, 6.07) is 15.6. The summed E-state index contributed by atoms with van der Waals surface area (Å²) in [5.74, 6) is 2.94. The van der Waals surface area contributed by atoms with Crippen LogP contribution in [0.25, 0.3) is 10.9 Å². The predicted molar refractivity (Wildman–Crippen MR) is 151 cm³/mol. The fraction of sp³-hybridized carbons (Fsp3) is 0.333. The smallest absolute Gasteiger partial charge is 0.253 e. The van der Waals surface area contributed by atoms with Gasteiger partial charge in [-0.05, 0) is 77.4 Å². The summed E-state index contributed by atoms with van der Waals surface area (Å²) in [4.78, 5) is 21.5. The number of rotatable bonds is 7. The molecule has 1 N–H and O–H groups in total. The number of nitrogens with one attached hydrogen (secondary N) is 1. The molecule has 0 amide bonds. The van der Waals surface area contributed by atoms with Crippen LogP contribution < -0.4 is 15.0 Å². The molecule has 1 saturated heterocycles. The highest BCUT2D eigenvalue weighted by molar-refractivity contribution is 5.83. The summed E-state index contributed by atoms with van der Waals surface area (Å²) in [6.07, 6.45) is 1.63. The SMILES string of the molecule is Cc1cc(C)c2cc([C@@H](c3nnnn3Cc3ccco3)N3CCN(Cc4ccc5c(c4)OCO5)CC3)c(=O)[nH]c2c1. The Morgan fingerprint density at radius 3 is 2.66 bits per heavy atom. The number of benzene rings is 2. The number of fused-ring (bicyclic) bond motifs is 2. The van der Waals surface area contributed by atoms with Crippen LogP contribution in [-0.4, -0.2) is 68.0 Å². The molecule has 0 radical (unpaired) electrons. The number of nitrogens with zero attached hydrogens (tertiary/aromatic N) is 6. The van der Waals surface area contributed by atoms with Crippen LogP contribution in [0.4, 0.5) is 0 Å². The molecule has 5 heterocycles.